The van der Waals surface area contributed by atoms with Crippen molar-refractivity contribution in [1.82, 2.24) is 14.5 Å². The largest absolute Gasteiger partial charge is 0.334 e. The van der Waals surface area contributed by atoms with Crippen LogP contribution in [0.25, 0.3) is 11.0 Å². The average molecular weight is 226 g/mol. The van der Waals surface area contributed by atoms with E-state index in [4.69, 9.17) is 0 Å². The monoisotopic (exact) mass is 225 g/mol. The highest BCUT2D eigenvalue weighted by molar-refractivity contribution is 9.10. The molecule has 2 rings (SSSR count). The molecule has 0 saturated heterocycles. The fraction of sp³-hybridized carbons (Fsp3) is 0.250. The van der Waals surface area contributed by atoms with Crippen LogP contribution in [0, 0.1) is 6.92 Å². The van der Waals surface area contributed by atoms with Gasteiger partial charge < -0.3 is 4.57 Å². The van der Waals surface area contributed by atoms with Crippen molar-refractivity contribution in [3.05, 3.63) is 22.7 Å². The van der Waals surface area contributed by atoms with Gasteiger partial charge in [0.05, 0.1) is 11.1 Å². The molecule has 0 aliphatic heterocycles. The Morgan fingerprint density at radius 3 is 2.83 bits per heavy atom. The van der Waals surface area contributed by atoms with Gasteiger partial charge in [-0.05, 0) is 22.9 Å². The fourth-order valence-electron chi connectivity index (χ4n) is 1.30. The number of aryl methyl sites for hydroxylation is 2. The number of hydrogen-bond donors (Lipinski definition) is 0. The second-order valence-electron chi connectivity index (χ2n) is 2.75. The van der Waals surface area contributed by atoms with Crippen LogP contribution < -0.4 is 0 Å². The minimum absolute atomic E-state index is 0.967. The molecule has 0 aliphatic carbocycles. The lowest BCUT2D eigenvalue weighted by Crippen LogP contribution is -1.90. The van der Waals surface area contributed by atoms with Gasteiger partial charge in [-0.3, -0.25) is 0 Å². The van der Waals surface area contributed by atoms with Gasteiger partial charge in [0.2, 0.25) is 0 Å². The summed E-state index contributed by atoms with van der Waals surface area (Å²) in [6.45, 7) is 1.98. The van der Waals surface area contributed by atoms with Gasteiger partial charge in [-0.15, -0.1) is 0 Å². The van der Waals surface area contributed by atoms with Gasteiger partial charge >= 0.3 is 0 Å². The van der Waals surface area contributed by atoms with Crippen LogP contribution in [0.15, 0.2) is 17.0 Å². The molecule has 4 heteroatoms. The first-order chi connectivity index (χ1) is 5.70. The van der Waals surface area contributed by atoms with E-state index in [0.29, 0.717) is 0 Å². The summed E-state index contributed by atoms with van der Waals surface area (Å²) in [7, 11) is 1.97. The van der Waals surface area contributed by atoms with Gasteiger partial charge in [-0.25, -0.2) is 9.97 Å². The van der Waals surface area contributed by atoms with Crippen molar-refractivity contribution in [3.8, 4) is 0 Å². The van der Waals surface area contributed by atoms with E-state index in [1.807, 2.05) is 24.7 Å². The molecule has 0 amide bonds. The van der Waals surface area contributed by atoms with Crippen molar-refractivity contribution >= 4 is 27.0 Å². The quantitative estimate of drug-likeness (QED) is 0.688. The van der Waals surface area contributed by atoms with Crippen molar-refractivity contribution < 1.29 is 0 Å². The van der Waals surface area contributed by atoms with Crippen molar-refractivity contribution in [3.63, 3.8) is 0 Å². The van der Waals surface area contributed by atoms with Crippen LogP contribution in [0.4, 0.5) is 0 Å². The second kappa shape index (κ2) is 2.55. The molecule has 3 nitrogen and oxygen atoms in total. The Bertz CT molecular complexity index is 433. The minimum Gasteiger partial charge on any atom is -0.334 e. The fourth-order valence-corrected chi connectivity index (χ4v) is 2.08. The summed E-state index contributed by atoms with van der Waals surface area (Å²) in [4.78, 5) is 8.31. The summed E-state index contributed by atoms with van der Waals surface area (Å²) in [5.74, 6) is 0. The molecule has 62 valence electrons. The molecule has 2 aromatic rings. The Balaban J connectivity index is 2.99. The smallest absolute Gasteiger partial charge is 0.144 e. The maximum absolute atomic E-state index is 4.18. The maximum Gasteiger partial charge on any atom is 0.144 e. The van der Waals surface area contributed by atoms with E-state index in [-0.39, 0.29) is 0 Å². The summed E-state index contributed by atoms with van der Waals surface area (Å²) >= 11 is 3.47. The molecule has 0 spiro atoms. The normalized spacial score (nSPS) is 10.9. The molecule has 0 aliphatic rings. The number of aromatic nitrogens is 3. The van der Waals surface area contributed by atoms with E-state index in [1.165, 1.54) is 0 Å². The number of hydrogen-bond acceptors (Lipinski definition) is 2. The summed E-state index contributed by atoms with van der Waals surface area (Å²) in [5, 5.41) is 1.10. The number of rotatable bonds is 0. The zero-order valence-corrected chi connectivity index (χ0v) is 8.46. The molecule has 0 atom stereocenters. The van der Waals surface area contributed by atoms with Crippen LogP contribution >= 0.6 is 15.9 Å². The molecule has 0 unspecified atom stereocenters. The second-order valence-corrected chi connectivity index (χ2v) is 3.60. The van der Waals surface area contributed by atoms with Gasteiger partial charge in [0.25, 0.3) is 0 Å². The number of fused-ring (bicyclic) bond motifs is 1. The lowest BCUT2D eigenvalue weighted by Gasteiger charge is -1.95. The standard InChI is InChI=1S/C8H8BrN3/c1-5-7-6(9)3-12(2)8(7)11-4-10-5/h3-4H,1-2H3. The highest BCUT2D eigenvalue weighted by Crippen LogP contribution is 2.25. The number of nitrogens with zero attached hydrogens (tertiary/aromatic N) is 3. The van der Waals surface area contributed by atoms with Crippen molar-refractivity contribution in [2.45, 2.75) is 6.92 Å². The maximum atomic E-state index is 4.18. The Kier molecular flexibility index (Phi) is 1.65. The molecule has 12 heavy (non-hydrogen) atoms. The number of halogens is 1. The Morgan fingerprint density at radius 2 is 2.17 bits per heavy atom. The van der Waals surface area contributed by atoms with Crippen LogP contribution in [-0.2, 0) is 7.05 Å². The third-order valence-electron chi connectivity index (χ3n) is 1.90. The summed E-state index contributed by atoms with van der Waals surface area (Å²) in [5.41, 5.74) is 1.97. The molecule has 2 aromatic heterocycles. The van der Waals surface area contributed by atoms with E-state index in [0.717, 1.165) is 21.2 Å². The first-order valence-electron chi connectivity index (χ1n) is 3.62. The van der Waals surface area contributed by atoms with Gasteiger partial charge in [0.15, 0.2) is 0 Å². The zero-order chi connectivity index (χ0) is 8.72. The molecule has 0 fully saturated rings. The highest BCUT2D eigenvalue weighted by atomic mass is 79.9. The molecule has 0 bridgehead atoms. The summed E-state index contributed by atoms with van der Waals surface area (Å²) < 4.78 is 3.03. The van der Waals surface area contributed by atoms with Crippen molar-refractivity contribution in [1.29, 1.82) is 0 Å². The molecular weight excluding hydrogens is 218 g/mol. The molecule has 0 N–H and O–H groups in total. The highest BCUT2D eigenvalue weighted by Gasteiger charge is 2.07. The van der Waals surface area contributed by atoms with E-state index < -0.39 is 0 Å². The van der Waals surface area contributed by atoms with Crippen molar-refractivity contribution in [2.75, 3.05) is 0 Å². The Morgan fingerprint density at radius 1 is 1.42 bits per heavy atom. The van der Waals surface area contributed by atoms with E-state index >= 15 is 0 Å². The lowest BCUT2D eigenvalue weighted by molar-refractivity contribution is 0.939. The molecule has 0 radical (unpaired) electrons. The van der Waals surface area contributed by atoms with Gasteiger partial charge in [0.1, 0.15) is 12.0 Å². The predicted molar refractivity (Wildman–Crippen MR) is 50.9 cm³/mol. The van der Waals surface area contributed by atoms with E-state index in [9.17, 15) is 0 Å². The first-order valence-corrected chi connectivity index (χ1v) is 4.41. The van der Waals surface area contributed by atoms with Gasteiger partial charge in [0, 0.05) is 17.7 Å². The average Bonchev–Trinajstić information content (AvgIpc) is 2.29. The van der Waals surface area contributed by atoms with Crippen LogP contribution in [-0.4, -0.2) is 14.5 Å². The topological polar surface area (TPSA) is 30.7 Å². The predicted octanol–water partition coefficient (Wildman–Crippen LogP) is 2.04. The van der Waals surface area contributed by atoms with E-state index in [2.05, 4.69) is 25.9 Å². The lowest BCUT2D eigenvalue weighted by atomic mass is 10.3. The van der Waals surface area contributed by atoms with Crippen LogP contribution in [0.5, 0.6) is 0 Å². The van der Waals surface area contributed by atoms with Crippen LogP contribution in [0.3, 0.4) is 0 Å². The molecule has 2 heterocycles. The first kappa shape index (κ1) is 7.73. The van der Waals surface area contributed by atoms with Gasteiger partial charge in [-0.2, -0.15) is 0 Å². The summed E-state index contributed by atoms with van der Waals surface area (Å²) in [6, 6.07) is 0. The Labute approximate surface area is 78.6 Å². The van der Waals surface area contributed by atoms with Crippen LogP contribution in [0.2, 0.25) is 0 Å². The third-order valence-corrected chi connectivity index (χ3v) is 2.50. The molecule has 0 aromatic carbocycles. The SMILES string of the molecule is Cc1ncnc2c1c(Br)cn2C. The van der Waals surface area contributed by atoms with Crippen LogP contribution in [0.1, 0.15) is 5.69 Å². The summed E-state index contributed by atoms with van der Waals surface area (Å²) in [6.07, 6.45) is 3.58. The van der Waals surface area contributed by atoms with Crippen molar-refractivity contribution in [2.24, 2.45) is 7.05 Å². The Hall–Kier alpha value is -0.900. The third kappa shape index (κ3) is 0.948. The zero-order valence-electron chi connectivity index (χ0n) is 6.87. The molecular formula is C8H8BrN3. The molecule has 0 saturated carbocycles. The van der Waals surface area contributed by atoms with Gasteiger partial charge in [-0.1, -0.05) is 0 Å². The minimum atomic E-state index is 0.967. The van der Waals surface area contributed by atoms with E-state index in [1.54, 1.807) is 6.33 Å².